The number of halogens is 1. The monoisotopic (exact) mass is 257 g/mol. The van der Waals surface area contributed by atoms with Crippen molar-refractivity contribution in [3.8, 4) is 11.5 Å². The number of hydrogen-bond acceptors (Lipinski definition) is 4. The Hall–Kier alpha value is -0.970. The second-order valence-electron chi connectivity index (χ2n) is 3.73. The van der Waals surface area contributed by atoms with Crippen LogP contribution in [0.25, 0.3) is 0 Å². The lowest BCUT2D eigenvalue weighted by atomic mass is 10.0. The fraction of sp³-hybridized carbons (Fsp3) is 0.500. The van der Waals surface area contributed by atoms with Gasteiger partial charge < -0.3 is 14.3 Å². The van der Waals surface area contributed by atoms with Gasteiger partial charge in [-0.3, -0.25) is 0 Å². The molecule has 0 amide bonds. The first-order valence-corrected chi connectivity index (χ1v) is 6.01. The summed E-state index contributed by atoms with van der Waals surface area (Å²) >= 11 is 6.18. The normalized spacial score (nSPS) is 13.8. The first kappa shape index (κ1) is 12.5. The molecule has 1 N–H and O–H groups in total. The third-order valence-corrected chi connectivity index (χ3v) is 3.00. The minimum Gasteiger partial charge on any atom is -0.486 e. The predicted octanol–water partition coefficient (Wildman–Crippen LogP) is 2.32. The van der Waals surface area contributed by atoms with Gasteiger partial charge in [-0.05, 0) is 18.1 Å². The maximum absolute atomic E-state index is 6.18. The summed E-state index contributed by atoms with van der Waals surface area (Å²) in [5.74, 6) is 1.44. The van der Waals surface area contributed by atoms with Gasteiger partial charge in [-0.1, -0.05) is 18.5 Å². The number of rotatable bonds is 4. The van der Waals surface area contributed by atoms with Gasteiger partial charge in [0.05, 0.1) is 12.1 Å². The van der Waals surface area contributed by atoms with E-state index >= 15 is 0 Å². The molecule has 5 heteroatoms. The quantitative estimate of drug-likeness (QED) is 0.841. The molecule has 0 saturated heterocycles. The third-order valence-electron chi connectivity index (χ3n) is 2.72. The van der Waals surface area contributed by atoms with E-state index in [9.17, 15) is 0 Å². The highest BCUT2D eigenvalue weighted by atomic mass is 35.5. The van der Waals surface area contributed by atoms with Crippen molar-refractivity contribution in [1.82, 2.24) is 5.48 Å². The van der Waals surface area contributed by atoms with E-state index in [-0.39, 0.29) is 0 Å². The Morgan fingerprint density at radius 1 is 1.35 bits per heavy atom. The topological polar surface area (TPSA) is 39.7 Å². The van der Waals surface area contributed by atoms with Crippen molar-refractivity contribution >= 4 is 11.6 Å². The van der Waals surface area contributed by atoms with E-state index < -0.39 is 0 Å². The molecule has 2 rings (SSSR count). The lowest BCUT2D eigenvalue weighted by molar-refractivity contribution is 0.0863. The van der Waals surface area contributed by atoms with Gasteiger partial charge >= 0.3 is 0 Å². The summed E-state index contributed by atoms with van der Waals surface area (Å²) < 4.78 is 11.2. The second-order valence-corrected chi connectivity index (χ2v) is 4.14. The molecule has 0 atom stereocenters. The molecule has 4 nitrogen and oxygen atoms in total. The van der Waals surface area contributed by atoms with Crippen LogP contribution in [0.5, 0.6) is 11.5 Å². The molecule has 1 heterocycles. The summed E-state index contributed by atoms with van der Waals surface area (Å²) in [5, 5.41) is 0.588. The van der Waals surface area contributed by atoms with Crippen molar-refractivity contribution in [3.05, 3.63) is 22.2 Å². The Morgan fingerprint density at radius 3 is 2.71 bits per heavy atom. The van der Waals surface area contributed by atoms with Crippen LogP contribution in [-0.4, -0.2) is 20.3 Å². The summed E-state index contributed by atoms with van der Waals surface area (Å²) in [7, 11) is 1.59. The molecule has 0 unspecified atom stereocenters. The highest BCUT2D eigenvalue weighted by Gasteiger charge is 2.21. The van der Waals surface area contributed by atoms with Crippen molar-refractivity contribution in [1.29, 1.82) is 0 Å². The number of hydrogen-bond donors (Lipinski definition) is 1. The molecule has 94 valence electrons. The van der Waals surface area contributed by atoms with Gasteiger partial charge in [0.25, 0.3) is 0 Å². The first-order valence-electron chi connectivity index (χ1n) is 5.63. The van der Waals surface area contributed by atoms with Gasteiger partial charge in [0.2, 0.25) is 0 Å². The minimum absolute atomic E-state index is 0.547. The zero-order chi connectivity index (χ0) is 12.3. The van der Waals surface area contributed by atoms with Crippen molar-refractivity contribution in [2.75, 3.05) is 20.3 Å². The van der Waals surface area contributed by atoms with Crippen LogP contribution in [0, 0.1) is 0 Å². The molecule has 0 aromatic heterocycles. The van der Waals surface area contributed by atoms with E-state index in [0.29, 0.717) is 30.5 Å². The van der Waals surface area contributed by atoms with Crippen molar-refractivity contribution in [3.63, 3.8) is 0 Å². The van der Waals surface area contributed by atoms with Crippen LogP contribution in [0.15, 0.2) is 6.07 Å². The summed E-state index contributed by atoms with van der Waals surface area (Å²) in [6.07, 6.45) is 0.865. The van der Waals surface area contributed by atoms with Gasteiger partial charge in [-0.25, -0.2) is 0 Å². The molecule has 17 heavy (non-hydrogen) atoms. The largest absolute Gasteiger partial charge is 0.486 e. The fourth-order valence-electron chi connectivity index (χ4n) is 1.97. The molecule has 0 aliphatic carbocycles. The van der Waals surface area contributed by atoms with Crippen LogP contribution in [0.3, 0.4) is 0 Å². The maximum atomic E-state index is 6.18. The van der Waals surface area contributed by atoms with E-state index in [4.69, 9.17) is 25.9 Å². The summed E-state index contributed by atoms with van der Waals surface area (Å²) in [6.45, 7) is 3.79. The molecule has 1 aromatic rings. The number of nitrogens with one attached hydrogen (secondary N) is 1. The highest BCUT2D eigenvalue weighted by Crippen LogP contribution is 2.42. The van der Waals surface area contributed by atoms with Crippen LogP contribution in [0.1, 0.15) is 18.1 Å². The fourth-order valence-corrected chi connectivity index (χ4v) is 2.24. The Labute approximate surface area is 106 Å². The molecule has 1 aliphatic rings. The minimum atomic E-state index is 0.547. The summed E-state index contributed by atoms with van der Waals surface area (Å²) in [4.78, 5) is 4.86. The van der Waals surface area contributed by atoms with Gasteiger partial charge in [-0.2, -0.15) is 5.48 Å². The van der Waals surface area contributed by atoms with Crippen LogP contribution in [0.2, 0.25) is 5.02 Å². The molecular weight excluding hydrogens is 242 g/mol. The van der Waals surface area contributed by atoms with Gasteiger partial charge in [-0.15, -0.1) is 0 Å². The summed E-state index contributed by atoms with van der Waals surface area (Å²) in [5.41, 5.74) is 5.01. The average molecular weight is 258 g/mol. The SMILES string of the molecule is CCc1c(CNOC)cc(Cl)c2c1OCCO2. The molecule has 0 spiro atoms. The molecule has 0 radical (unpaired) electrons. The van der Waals surface area contributed by atoms with Crippen molar-refractivity contribution in [2.24, 2.45) is 0 Å². The molecule has 0 fully saturated rings. The van der Waals surface area contributed by atoms with Gasteiger partial charge in [0.1, 0.15) is 13.2 Å². The molecular formula is C12H16ClNO3. The van der Waals surface area contributed by atoms with E-state index in [1.807, 2.05) is 6.07 Å². The van der Waals surface area contributed by atoms with Crippen LogP contribution in [0.4, 0.5) is 0 Å². The zero-order valence-corrected chi connectivity index (χ0v) is 10.8. The third kappa shape index (κ3) is 2.49. The predicted molar refractivity (Wildman–Crippen MR) is 65.7 cm³/mol. The smallest absolute Gasteiger partial charge is 0.180 e. The Kier molecular flexibility index (Phi) is 4.10. The molecule has 0 saturated carbocycles. The second kappa shape index (κ2) is 5.58. The lowest BCUT2D eigenvalue weighted by Crippen LogP contribution is -2.19. The van der Waals surface area contributed by atoms with Crippen molar-refractivity contribution < 1.29 is 14.3 Å². The Balaban J connectivity index is 2.42. The highest BCUT2D eigenvalue weighted by molar-refractivity contribution is 6.32. The van der Waals surface area contributed by atoms with Crippen LogP contribution >= 0.6 is 11.6 Å². The van der Waals surface area contributed by atoms with E-state index in [1.165, 1.54) is 0 Å². The average Bonchev–Trinajstić information content (AvgIpc) is 2.36. The first-order chi connectivity index (χ1) is 8.27. The maximum Gasteiger partial charge on any atom is 0.180 e. The van der Waals surface area contributed by atoms with Crippen LogP contribution < -0.4 is 15.0 Å². The van der Waals surface area contributed by atoms with E-state index in [2.05, 4.69) is 12.4 Å². The molecule has 0 bridgehead atoms. The number of fused-ring (bicyclic) bond motifs is 1. The lowest BCUT2D eigenvalue weighted by Gasteiger charge is -2.24. The molecule has 1 aliphatic heterocycles. The number of benzene rings is 1. The zero-order valence-electron chi connectivity index (χ0n) is 10.0. The van der Waals surface area contributed by atoms with Crippen LogP contribution in [-0.2, 0) is 17.8 Å². The summed E-state index contributed by atoms with van der Waals surface area (Å²) in [6, 6.07) is 1.90. The van der Waals surface area contributed by atoms with E-state index in [1.54, 1.807) is 7.11 Å². The number of ether oxygens (including phenoxy) is 2. The van der Waals surface area contributed by atoms with E-state index in [0.717, 1.165) is 23.3 Å². The van der Waals surface area contributed by atoms with Crippen molar-refractivity contribution in [2.45, 2.75) is 19.9 Å². The Morgan fingerprint density at radius 2 is 2.06 bits per heavy atom. The van der Waals surface area contributed by atoms with Gasteiger partial charge in [0.15, 0.2) is 11.5 Å². The number of hydroxylamine groups is 1. The molecule has 1 aromatic carbocycles. The standard InChI is InChI=1S/C12H16ClNO3/c1-3-9-8(7-14-15-2)6-10(13)12-11(9)16-4-5-17-12/h6,14H,3-5,7H2,1-2H3. The van der Waals surface area contributed by atoms with Gasteiger partial charge in [0, 0.05) is 12.1 Å². The Bertz CT molecular complexity index is 409.